The second-order valence-electron chi connectivity index (χ2n) is 5.23. The van der Waals surface area contributed by atoms with Crippen molar-refractivity contribution in [3.63, 3.8) is 0 Å². The van der Waals surface area contributed by atoms with Crippen molar-refractivity contribution < 1.29 is 27.1 Å². The summed E-state index contributed by atoms with van der Waals surface area (Å²) in [7, 11) is 0. The number of hydrogen-bond donors (Lipinski definition) is 2. The van der Waals surface area contributed by atoms with Gasteiger partial charge in [-0.1, -0.05) is 0 Å². The molecule has 2 rings (SSSR count). The number of aromatic nitrogens is 1. The Morgan fingerprint density at radius 1 is 1.38 bits per heavy atom. The summed E-state index contributed by atoms with van der Waals surface area (Å²) >= 11 is 0. The van der Waals surface area contributed by atoms with Crippen LogP contribution in [-0.2, 0) is 0 Å². The third kappa shape index (κ3) is 5.79. The minimum atomic E-state index is -4.24. The fraction of sp³-hybridized carbons (Fsp3) is 0.571. The Bertz CT molecular complexity index is 525. The summed E-state index contributed by atoms with van der Waals surface area (Å²) in [4.78, 5) is 15.7. The second kappa shape index (κ2) is 9.03. The molecule has 1 aromatic heterocycles. The van der Waals surface area contributed by atoms with Gasteiger partial charge in [0, 0.05) is 18.3 Å². The van der Waals surface area contributed by atoms with Gasteiger partial charge in [-0.05, 0) is 32.0 Å². The highest BCUT2D eigenvalue weighted by molar-refractivity contribution is 5.94. The van der Waals surface area contributed by atoms with Gasteiger partial charge in [-0.15, -0.1) is 12.4 Å². The molecule has 1 amide bonds. The van der Waals surface area contributed by atoms with Gasteiger partial charge >= 0.3 is 12.3 Å². The number of nitrogens with one attached hydrogen (secondary N) is 2. The largest absolute Gasteiger partial charge is 0.471 e. The Kier molecular flexibility index (Phi) is 7.68. The predicted molar refractivity (Wildman–Crippen MR) is 81.3 cm³/mol. The molecule has 1 aromatic rings. The molecular formula is C14H18ClF4N3O2. The highest BCUT2D eigenvalue weighted by atomic mass is 35.5. The first-order valence-corrected chi connectivity index (χ1v) is 7.15. The molecule has 0 radical (unpaired) electrons. The lowest BCUT2D eigenvalue weighted by Gasteiger charge is -2.23. The lowest BCUT2D eigenvalue weighted by atomic mass is 10.1. The average Bonchev–Trinajstić information content (AvgIpc) is 2.54. The van der Waals surface area contributed by atoms with Crippen molar-refractivity contribution in [2.24, 2.45) is 0 Å². The number of nitrogens with zero attached hydrogens (tertiary/aromatic N) is 1. The van der Waals surface area contributed by atoms with Gasteiger partial charge in [0.1, 0.15) is 0 Å². The third-order valence-corrected chi connectivity index (χ3v) is 3.40. The minimum Gasteiger partial charge on any atom is -0.471 e. The number of carbonyl (C=O) groups excluding carboxylic acids is 1. The number of alkyl halides is 4. The Hall–Kier alpha value is -1.61. The summed E-state index contributed by atoms with van der Waals surface area (Å²) < 4.78 is 54.0. The molecule has 0 aliphatic carbocycles. The van der Waals surface area contributed by atoms with E-state index in [4.69, 9.17) is 0 Å². The molecule has 136 valence electrons. The number of amides is 1. The monoisotopic (exact) mass is 371 g/mol. The van der Waals surface area contributed by atoms with E-state index in [9.17, 15) is 22.4 Å². The van der Waals surface area contributed by atoms with Crippen molar-refractivity contribution in [1.29, 1.82) is 0 Å². The lowest BCUT2D eigenvalue weighted by molar-refractivity contribution is -0.148. The van der Waals surface area contributed by atoms with E-state index in [2.05, 4.69) is 20.4 Å². The van der Waals surface area contributed by atoms with Gasteiger partial charge in [0.15, 0.2) is 6.61 Å². The quantitative estimate of drug-likeness (QED) is 0.753. The van der Waals surface area contributed by atoms with Gasteiger partial charge in [0.2, 0.25) is 5.88 Å². The molecule has 2 N–H and O–H groups in total. The summed E-state index contributed by atoms with van der Waals surface area (Å²) in [5, 5.41) is 6.02. The van der Waals surface area contributed by atoms with Crippen LogP contribution in [0.5, 0.6) is 5.88 Å². The van der Waals surface area contributed by atoms with Crippen LogP contribution < -0.4 is 15.4 Å². The number of rotatable bonds is 6. The van der Waals surface area contributed by atoms with Crippen molar-refractivity contribution >= 4 is 18.3 Å². The molecule has 0 unspecified atom stereocenters. The van der Waals surface area contributed by atoms with E-state index in [-0.39, 0.29) is 35.8 Å². The first-order chi connectivity index (χ1) is 10.9. The van der Waals surface area contributed by atoms with Crippen molar-refractivity contribution in [3.8, 4) is 5.88 Å². The minimum absolute atomic E-state index is 0. The normalized spacial score (nSPS) is 15.7. The molecule has 0 aromatic carbocycles. The van der Waals surface area contributed by atoms with E-state index in [0.717, 1.165) is 32.1 Å². The maximum atomic E-state index is 12.7. The SMILES string of the molecule is Cl.O=C(NC1CCNCC1)c1ccc(OCC(F)(F)C(F)F)nc1. The summed E-state index contributed by atoms with van der Waals surface area (Å²) in [6.07, 6.45) is -1.00. The van der Waals surface area contributed by atoms with E-state index < -0.39 is 19.0 Å². The Morgan fingerprint density at radius 2 is 2.04 bits per heavy atom. The summed E-state index contributed by atoms with van der Waals surface area (Å²) in [6, 6.07) is 2.61. The predicted octanol–water partition coefficient (Wildman–Crippen LogP) is 2.26. The first kappa shape index (κ1) is 20.4. The topological polar surface area (TPSA) is 63.2 Å². The van der Waals surface area contributed by atoms with Crippen LogP contribution in [0.2, 0.25) is 0 Å². The third-order valence-electron chi connectivity index (χ3n) is 3.40. The molecule has 10 heteroatoms. The molecule has 5 nitrogen and oxygen atoms in total. The zero-order valence-electron chi connectivity index (χ0n) is 12.6. The van der Waals surface area contributed by atoms with Crippen LogP contribution in [0.4, 0.5) is 17.6 Å². The van der Waals surface area contributed by atoms with Crippen molar-refractivity contribution in [2.45, 2.75) is 31.2 Å². The maximum absolute atomic E-state index is 12.7. The van der Waals surface area contributed by atoms with Crippen molar-refractivity contribution in [2.75, 3.05) is 19.7 Å². The van der Waals surface area contributed by atoms with Crippen LogP contribution in [0, 0.1) is 0 Å². The average molecular weight is 372 g/mol. The van der Waals surface area contributed by atoms with Gasteiger partial charge in [0.25, 0.3) is 5.91 Å². The van der Waals surface area contributed by atoms with Crippen LogP contribution >= 0.6 is 12.4 Å². The molecule has 24 heavy (non-hydrogen) atoms. The van der Waals surface area contributed by atoms with E-state index in [0.29, 0.717) is 0 Å². The zero-order valence-corrected chi connectivity index (χ0v) is 13.4. The highest BCUT2D eigenvalue weighted by Gasteiger charge is 2.41. The summed E-state index contributed by atoms with van der Waals surface area (Å²) in [6.45, 7) is 0.181. The molecule has 2 heterocycles. The number of piperidine rings is 1. The van der Waals surface area contributed by atoms with E-state index in [1.165, 1.54) is 12.1 Å². The highest BCUT2D eigenvalue weighted by Crippen LogP contribution is 2.23. The first-order valence-electron chi connectivity index (χ1n) is 7.15. The van der Waals surface area contributed by atoms with Crippen molar-refractivity contribution in [3.05, 3.63) is 23.9 Å². The Balaban J connectivity index is 0.00000288. The van der Waals surface area contributed by atoms with E-state index in [1.807, 2.05) is 0 Å². The summed E-state index contributed by atoms with van der Waals surface area (Å²) in [5.41, 5.74) is 0.247. The molecule has 0 spiro atoms. The van der Waals surface area contributed by atoms with Crippen LogP contribution in [-0.4, -0.2) is 49.0 Å². The fourth-order valence-electron chi connectivity index (χ4n) is 2.07. The second-order valence-corrected chi connectivity index (χ2v) is 5.23. The maximum Gasteiger partial charge on any atom is 0.340 e. The van der Waals surface area contributed by atoms with Crippen LogP contribution in [0.15, 0.2) is 18.3 Å². The molecular weight excluding hydrogens is 354 g/mol. The van der Waals surface area contributed by atoms with Crippen LogP contribution in [0.25, 0.3) is 0 Å². The fourth-order valence-corrected chi connectivity index (χ4v) is 2.07. The molecule has 1 aliphatic rings. The van der Waals surface area contributed by atoms with Crippen LogP contribution in [0.3, 0.4) is 0 Å². The molecule has 0 atom stereocenters. The molecule has 1 fully saturated rings. The number of hydrogen-bond acceptors (Lipinski definition) is 4. The lowest BCUT2D eigenvalue weighted by Crippen LogP contribution is -2.42. The molecule has 0 bridgehead atoms. The number of halogens is 5. The Labute approximate surface area is 142 Å². The number of carbonyl (C=O) groups is 1. The molecule has 1 saturated heterocycles. The van der Waals surface area contributed by atoms with Gasteiger partial charge in [-0.3, -0.25) is 4.79 Å². The van der Waals surface area contributed by atoms with Crippen LogP contribution in [0.1, 0.15) is 23.2 Å². The Morgan fingerprint density at radius 3 is 2.58 bits per heavy atom. The van der Waals surface area contributed by atoms with Gasteiger partial charge < -0.3 is 15.4 Å². The summed E-state index contributed by atoms with van der Waals surface area (Å²) in [5.74, 6) is -4.81. The number of pyridine rings is 1. The van der Waals surface area contributed by atoms with E-state index >= 15 is 0 Å². The van der Waals surface area contributed by atoms with E-state index in [1.54, 1.807) is 0 Å². The molecule has 0 saturated carbocycles. The van der Waals surface area contributed by atoms with Gasteiger partial charge in [-0.25, -0.2) is 13.8 Å². The van der Waals surface area contributed by atoms with Gasteiger partial charge in [0.05, 0.1) is 5.56 Å². The standard InChI is InChI=1S/C14H17F4N3O2.ClH/c15-13(16)14(17,18)8-23-11-2-1-9(7-20-11)12(22)21-10-3-5-19-6-4-10;/h1-2,7,10,13,19H,3-6,8H2,(H,21,22);1H. The number of ether oxygens (including phenoxy) is 1. The zero-order chi connectivity index (χ0) is 16.9. The van der Waals surface area contributed by atoms with Crippen molar-refractivity contribution in [1.82, 2.24) is 15.6 Å². The smallest absolute Gasteiger partial charge is 0.340 e. The molecule has 1 aliphatic heterocycles. The van der Waals surface area contributed by atoms with Gasteiger partial charge in [-0.2, -0.15) is 8.78 Å².